The summed E-state index contributed by atoms with van der Waals surface area (Å²) in [7, 11) is 0. The highest BCUT2D eigenvalue weighted by atomic mass is 35.5. The van der Waals surface area contributed by atoms with E-state index in [1.165, 1.54) is 0 Å². The summed E-state index contributed by atoms with van der Waals surface area (Å²) in [6, 6.07) is 11.9. The number of aromatic nitrogens is 3. The third-order valence-corrected chi connectivity index (χ3v) is 3.74. The van der Waals surface area contributed by atoms with Crippen molar-refractivity contribution in [2.45, 2.75) is 33.7 Å². The normalized spacial score (nSPS) is 12.0. The topological polar surface area (TPSA) is 30.7 Å². The van der Waals surface area contributed by atoms with Gasteiger partial charge in [0.15, 0.2) is 5.65 Å². The minimum Gasteiger partial charge on any atom is -0.308 e. The second-order valence-corrected chi connectivity index (χ2v) is 7.26. The molecule has 0 spiro atoms. The summed E-state index contributed by atoms with van der Waals surface area (Å²) in [5.74, 6) is 1.07. The van der Waals surface area contributed by atoms with Gasteiger partial charge in [-0.2, -0.15) is 0 Å². The second-order valence-electron chi connectivity index (χ2n) is 6.83. The molecule has 2 heterocycles. The van der Waals surface area contributed by atoms with Gasteiger partial charge in [0.05, 0.1) is 6.54 Å². The van der Waals surface area contributed by atoms with Crippen molar-refractivity contribution < 1.29 is 0 Å². The fourth-order valence-electron chi connectivity index (χ4n) is 2.60. The maximum absolute atomic E-state index is 6.11. The van der Waals surface area contributed by atoms with Crippen LogP contribution in [0.25, 0.3) is 11.2 Å². The predicted octanol–water partition coefficient (Wildman–Crippen LogP) is 4.72. The van der Waals surface area contributed by atoms with E-state index in [0.717, 1.165) is 40.5 Å². The molecule has 1 aromatic carbocycles. The monoisotopic (exact) mass is 313 g/mol. The molecule has 0 amide bonds. The van der Waals surface area contributed by atoms with Gasteiger partial charge in [-0.15, -0.1) is 0 Å². The number of imidazole rings is 1. The summed E-state index contributed by atoms with van der Waals surface area (Å²) >= 11 is 6.11. The van der Waals surface area contributed by atoms with Crippen molar-refractivity contribution >= 4 is 22.8 Å². The summed E-state index contributed by atoms with van der Waals surface area (Å²) in [4.78, 5) is 9.30. The maximum Gasteiger partial charge on any atom is 0.160 e. The van der Waals surface area contributed by atoms with Gasteiger partial charge in [0.1, 0.15) is 11.3 Å². The van der Waals surface area contributed by atoms with Gasteiger partial charge in [-0.25, -0.2) is 9.97 Å². The zero-order valence-electron chi connectivity index (χ0n) is 13.2. The molecule has 0 saturated carbocycles. The molecule has 0 N–H and O–H groups in total. The molecule has 0 saturated heterocycles. The number of hydrogen-bond donors (Lipinski definition) is 0. The zero-order chi connectivity index (χ0) is 15.7. The molecule has 0 unspecified atom stereocenters. The van der Waals surface area contributed by atoms with Crippen molar-refractivity contribution in [3.05, 3.63) is 59.0 Å². The Labute approximate surface area is 136 Å². The van der Waals surface area contributed by atoms with Crippen LogP contribution in [0.3, 0.4) is 0 Å². The van der Waals surface area contributed by atoms with E-state index < -0.39 is 0 Å². The molecule has 0 atom stereocenters. The summed E-state index contributed by atoms with van der Waals surface area (Å²) in [6.07, 6.45) is 2.73. The molecule has 0 aliphatic rings. The van der Waals surface area contributed by atoms with E-state index >= 15 is 0 Å². The first-order chi connectivity index (χ1) is 10.4. The third-order valence-electron chi connectivity index (χ3n) is 3.50. The van der Waals surface area contributed by atoms with Crippen molar-refractivity contribution in [1.82, 2.24) is 14.5 Å². The molecule has 4 heteroatoms. The van der Waals surface area contributed by atoms with E-state index in [4.69, 9.17) is 16.6 Å². The van der Waals surface area contributed by atoms with Gasteiger partial charge in [0.2, 0.25) is 0 Å². The largest absolute Gasteiger partial charge is 0.308 e. The molecule has 0 aliphatic heterocycles. The summed E-state index contributed by atoms with van der Waals surface area (Å²) in [6.45, 7) is 7.41. The maximum atomic E-state index is 6.11. The van der Waals surface area contributed by atoms with Gasteiger partial charge in [0.25, 0.3) is 0 Å². The van der Waals surface area contributed by atoms with E-state index in [2.05, 4.69) is 36.4 Å². The highest BCUT2D eigenvalue weighted by molar-refractivity contribution is 6.30. The molecule has 2 aromatic heterocycles. The van der Waals surface area contributed by atoms with Crippen LogP contribution >= 0.6 is 11.6 Å². The van der Waals surface area contributed by atoms with Crippen molar-refractivity contribution in [2.75, 3.05) is 0 Å². The first-order valence-electron chi connectivity index (χ1n) is 7.47. The van der Waals surface area contributed by atoms with Crippen molar-refractivity contribution in [1.29, 1.82) is 0 Å². The third kappa shape index (κ3) is 3.30. The smallest absolute Gasteiger partial charge is 0.160 e. The fourth-order valence-corrected chi connectivity index (χ4v) is 2.81. The molecule has 0 bridgehead atoms. The molecule has 3 aromatic rings. The highest BCUT2D eigenvalue weighted by Crippen LogP contribution is 2.24. The summed E-state index contributed by atoms with van der Waals surface area (Å²) in [5, 5.41) is 0.757. The molecular formula is C18H20ClN3. The van der Waals surface area contributed by atoms with Crippen molar-refractivity contribution in [2.24, 2.45) is 5.41 Å². The average molecular weight is 314 g/mol. The molecular weight excluding hydrogens is 294 g/mol. The highest BCUT2D eigenvalue weighted by Gasteiger charge is 2.18. The van der Waals surface area contributed by atoms with Gasteiger partial charge in [0, 0.05) is 17.6 Å². The Morgan fingerprint density at radius 3 is 2.68 bits per heavy atom. The van der Waals surface area contributed by atoms with E-state index in [9.17, 15) is 0 Å². The zero-order valence-corrected chi connectivity index (χ0v) is 13.9. The van der Waals surface area contributed by atoms with Crippen LogP contribution in [0.5, 0.6) is 0 Å². The van der Waals surface area contributed by atoms with Crippen LogP contribution in [0.15, 0.2) is 42.6 Å². The second kappa shape index (κ2) is 5.73. The lowest BCUT2D eigenvalue weighted by Gasteiger charge is -2.18. The SMILES string of the molecule is CC(C)(C)Cc1nc2cccnc2n1Cc1cccc(Cl)c1. The standard InChI is InChI=1S/C18H20ClN3/c1-18(2,3)11-16-21-15-8-5-9-20-17(15)22(16)12-13-6-4-7-14(19)10-13/h4-10H,11-12H2,1-3H3. The Morgan fingerprint density at radius 2 is 1.95 bits per heavy atom. The van der Waals surface area contributed by atoms with Crippen LogP contribution < -0.4 is 0 Å². The van der Waals surface area contributed by atoms with E-state index in [1.54, 1.807) is 0 Å². The minimum atomic E-state index is 0.174. The Hall–Kier alpha value is -1.87. The first-order valence-corrected chi connectivity index (χ1v) is 7.85. The quantitative estimate of drug-likeness (QED) is 0.700. The number of pyridine rings is 1. The minimum absolute atomic E-state index is 0.174. The molecule has 114 valence electrons. The van der Waals surface area contributed by atoms with Crippen LogP contribution in [0, 0.1) is 5.41 Å². The summed E-state index contributed by atoms with van der Waals surface area (Å²) in [5.41, 5.74) is 3.21. The van der Waals surface area contributed by atoms with Crippen molar-refractivity contribution in [3.63, 3.8) is 0 Å². The molecule has 3 rings (SSSR count). The Morgan fingerprint density at radius 1 is 1.14 bits per heavy atom. The molecule has 0 radical (unpaired) electrons. The molecule has 0 fully saturated rings. The predicted molar refractivity (Wildman–Crippen MR) is 91.2 cm³/mol. The van der Waals surface area contributed by atoms with Crippen molar-refractivity contribution in [3.8, 4) is 0 Å². The van der Waals surface area contributed by atoms with Gasteiger partial charge in [-0.05, 0) is 35.2 Å². The van der Waals surface area contributed by atoms with Crippen LogP contribution in [-0.2, 0) is 13.0 Å². The number of nitrogens with zero attached hydrogens (tertiary/aromatic N) is 3. The number of halogens is 1. The number of fused-ring (bicyclic) bond motifs is 1. The van der Waals surface area contributed by atoms with Crippen LogP contribution in [0.4, 0.5) is 0 Å². The molecule has 3 nitrogen and oxygen atoms in total. The van der Waals surface area contributed by atoms with Crippen LogP contribution in [-0.4, -0.2) is 14.5 Å². The van der Waals surface area contributed by atoms with Gasteiger partial charge < -0.3 is 4.57 Å². The molecule has 0 aliphatic carbocycles. The van der Waals surface area contributed by atoms with Gasteiger partial charge >= 0.3 is 0 Å². The van der Waals surface area contributed by atoms with E-state index in [0.29, 0.717) is 0 Å². The lowest BCUT2D eigenvalue weighted by atomic mass is 9.92. The molecule has 22 heavy (non-hydrogen) atoms. The number of benzene rings is 1. The van der Waals surface area contributed by atoms with E-state index in [1.807, 2.05) is 36.5 Å². The van der Waals surface area contributed by atoms with Crippen LogP contribution in [0.1, 0.15) is 32.2 Å². The van der Waals surface area contributed by atoms with E-state index in [-0.39, 0.29) is 5.41 Å². The fraction of sp³-hybridized carbons (Fsp3) is 0.333. The lowest BCUT2D eigenvalue weighted by Crippen LogP contribution is -2.15. The lowest BCUT2D eigenvalue weighted by molar-refractivity contribution is 0.394. The number of hydrogen-bond acceptors (Lipinski definition) is 2. The van der Waals surface area contributed by atoms with Gasteiger partial charge in [-0.1, -0.05) is 44.5 Å². The van der Waals surface area contributed by atoms with Crippen LogP contribution in [0.2, 0.25) is 5.02 Å². The average Bonchev–Trinajstić information content (AvgIpc) is 2.75. The Kier molecular flexibility index (Phi) is 3.92. The Balaban J connectivity index is 2.07. The van der Waals surface area contributed by atoms with Gasteiger partial charge in [-0.3, -0.25) is 0 Å². The summed E-state index contributed by atoms with van der Waals surface area (Å²) < 4.78 is 2.20. The number of rotatable bonds is 3. The Bertz CT molecular complexity index is 799. The first kappa shape index (κ1) is 15.0.